The Labute approximate surface area is 97.7 Å². The fourth-order valence-electron chi connectivity index (χ4n) is 0.876. The van der Waals surface area contributed by atoms with E-state index in [1.807, 2.05) is 0 Å². The molecule has 7 heteroatoms. The Morgan fingerprint density at radius 2 is 2.20 bits per heavy atom. The molecule has 2 aromatic heterocycles. The molecule has 2 heterocycles. The van der Waals surface area contributed by atoms with E-state index in [0.29, 0.717) is 9.73 Å². The van der Waals surface area contributed by atoms with Gasteiger partial charge in [-0.05, 0) is 15.9 Å². The van der Waals surface area contributed by atoms with Gasteiger partial charge in [-0.15, -0.1) is 11.3 Å². The van der Waals surface area contributed by atoms with E-state index in [9.17, 15) is 4.79 Å². The number of thiazole rings is 1. The first-order valence-corrected chi connectivity index (χ1v) is 5.61. The SMILES string of the molecule is O=C(Nc1nccs1)c1cnc(Br)cn1. The number of hydrogen-bond acceptors (Lipinski definition) is 5. The van der Waals surface area contributed by atoms with E-state index in [0.717, 1.165) is 0 Å². The highest BCUT2D eigenvalue weighted by Crippen LogP contribution is 2.11. The van der Waals surface area contributed by atoms with Crippen molar-refractivity contribution in [3.8, 4) is 0 Å². The van der Waals surface area contributed by atoms with Crippen molar-refractivity contribution in [1.29, 1.82) is 0 Å². The molecule has 76 valence electrons. The topological polar surface area (TPSA) is 67.8 Å². The number of amides is 1. The summed E-state index contributed by atoms with van der Waals surface area (Å²) < 4.78 is 0.591. The highest BCUT2D eigenvalue weighted by molar-refractivity contribution is 9.10. The van der Waals surface area contributed by atoms with E-state index in [4.69, 9.17) is 0 Å². The molecule has 0 fully saturated rings. The molecule has 1 amide bonds. The first-order chi connectivity index (χ1) is 7.25. The molecule has 0 aliphatic rings. The van der Waals surface area contributed by atoms with Crippen molar-refractivity contribution in [3.05, 3.63) is 34.3 Å². The molecule has 2 rings (SSSR count). The van der Waals surface area contributed by atoms with Crippen molar-refractivity contribution in [2.24, 2.45) is 0 Å². The number of hydrogen-bond donors (Lipinski definition) is 1. The number of aromatic nitrogens is 3. The molecule has 0 saturated carbocycles. The Bertz CT molecular complexity index is 456. The van der Waals surface area contributed by atoms with E-state index in [2.05, 4.69) is 36.2 Å². The molecule has 0 unspecified atom stereocenters. The Balaban J connectivity index is 2.11. The zero-order valence-electron chi connectivity index (χ0n) is 7.35. The number of rotatable bonds is 2. The summed E-state index contributed by atoms with van der Waals surface area (Å²) in [4.78, 5) is 23.3. The van der Waals surface area contributed by atoms with Crippen molar-refractivity contribution in [3.63, 3.8) is 0 Å². The zero-order chi connectivity index (χ0) is 10.7. The summed E-state index contributed by atoms with van der Waals surface area (Å²) in [5.41, 5.74) is 0.258. The van der Waals surface area contributed by atoms with E-state index < -0.39 is 0 Å². The average Bonchev–Trinajstić information content (AvgIpc) is 2.71. The van der Waals surface area contributed by atoms with Crippen LogP contribution in [0.15, 0.2) is 28.6 Å². The van der Waals surface area contributed by atoms with Crippen molar-refractivity contribution in [1.82, 2.24) is 15.0 Å². The fraction of sp³-hybridized carbons (Fsp3) is 0. The molecule has 1 N–H and O–H groups in total. The van der Waals surface area contributed by atoms with Gasteiger partial charge in [0.15, 0.2) is 5.13 Å². The molecule has 0 spiro atoms. The standard InChI is InChI=1S/C8H5BrN4OS/c9-6-4-11-5(3-12-6)7(14)13-8-10-1-2-15-8/h1-4H,(H,10,13,14). The highest BCUT2D eigenvalue weighted by Gasteiger charge is 2.08. The van der Waals surface area contributed by atoms with Gasteiger partial charge >= 0.3 is 0 Å². The normalized spacial score (nSPS) is 9.93. The predicted molar refractivity (Wildman–Crippen MR) is 59.8 cm³/mol. The van der Waals surface area contributed by atoms with Crippen LogP contribution < -0.4 is 5.32 Å². The summed E-state index contributed by atoms with van der Waals surface area (Å²) in [6.07, 6.45) is 4.48. The first kappa shape index (κ1) is 10.2. The van der Waals surface area contributed by atoms with Crippen LogP contribution in [0.4, 0.5) is 5.13 Å². The van der Waals surface area contributed by atoms with Crippen LogP contribution >= 0.6 is 27.3 Å². The van der Waals surface area contributed by atoms with Crippen molar-refractivity contribution in [2.45, 2.75) is 0 Å². The van der Waals surface area contributed by atoms with Gasteiger partial charge in [0.25, 0.3) is 5.91 Å². The zero-order valence-corrected chi connectivity index (χ0v) is 9.75. The number of halogens is 1. The third kappa shape index (κ3) is 2.57. The van der Waals surface area contributed by atoms with Gasteiger partial charge in [0.1, 0.15) is 10.3 Å². The molecular weight excluding hydrogens is 280 g/mol. The minimum atomic E-state index is -0.315. The second kappa shape index (κ2) is 4.45. The van der Waals surface area contributed by atoms with Crippen LogP contribution in [-0.4, -0.2) is 20.9 Å². The Kier molecular flexibility index (Phi) is 3.02. The van der Waals surface area contributed by atoms with Crippen LogP contribution in [0.2, 0.25) is 0 Å². The summed E-state index contributed by atoms with van der Waals surface area (Å²) in [6, 6.07) is 0. The second-order valence-electron chi connectivity index (χ2n) is 2.52. The van der Waals surface area contributed by atoms with Crippen molar-refractivity contribution in [2.75, 3.05) is 5.32 Å². The van der Waals surface area contributed by atoms with E-state index in [-0.39, 0.29) is 11.6 Å². The lowest BCUT2D eigenvalue weighted by atomic mass is 10.4. The number of carbonyl (C=O) groups excluding carboxylic acids is 1. The van der Waals surface area contributed by atoms with Gasteiger partial charge in [-0.1, -0.05) is 0 Å². The third-order valence-electron chi connectivity index (χ3n) is 1.51. The second-order valence-corrected chi connectivity index (χ2v) is 4.22. The summed E-state index contributed by atoms with van der Waals surface area (Å²) >= 11 is 4.49. The van der Waals surface area contributed by atoms with Crippen LogP contribution in [0.25, 0.3) is 0 Å². The monoisotopic (exact) mass is 284 g/mol. The quantitative estimate of drug-likeness (QED) is 0.915. The van der Waals surface area contributed by atoms with Crippen LogP contribution in [-0.2, 0) is 0 Å². The Morgan fingerprint density at radius 3 is 2.80 bits per heavy atom. The lowest BCUT2D eigenvalue weighted by Crippen LogP contribution is -2.13. The van der Waals surface area contributed by atoms with Crippen LogP contribution in [0.1, 0.15) is 10.5 Å². The van der Waals surface area contributed by atoms with Gasteiger partial charge in [-0.2, -0.15) is 0 Å². The number of carbonyl (C=O) groups is 1. The largest absolute Gasteiger partial charge is 0.296 e. The van der Waals surface area contributed by atoms with Gasteiger partial charge in [-0.25, -0.2) is 15.0 Å². The lowest BCUT2D eigenvalue weighted by Gasteiger charge is -1.99. The van der Waals surface area contributed by atoms with Gasteiger partial charge in [0.05, 0.1) is 12.4 Å². The molecule has 15 heavy (non-hydrogen) atoms. The summed E-state index contributed by atoms with van der Waals surface area (Å²) in [7, 11) is 0. The third-order valence-corrected chi connectivity index (χ3v) is 2.60. The van der Waals surface area contributed by atoms with Gasteiger partial charge in [0.2, 0.25) is 0 Å². The molecule has 5 nitrogen and oxygen atoms in total. The molecule has 0 aliphatic carbocycles. The van der Waals surface area contributed by atoms with Crippen molar-refractivity contribution < 1.29 is 4.79 Å². The summed E-state index contributed by atoms with van der Waals surface area (Å²) in [5, 5.41) is 4.93. The van der Waals surface area contributed by atoms with E-state index >= 15 is 0 Å². The maximum atomic E-state index is 11.6. The molecule has 0 aliphatic heterocycles. The maximum absolute atomic E-state index is 11.6. The molecule has 0 atom stereocenters. The Morgan fingerprint density at radius 1 is 1.33 bits per heavy atom. The van der Waals surface area contributed by atoms with E-state index in [1.165, 1.54) is 23.7 Å². The molecule has 0 aromatic carbocycles. The lowest BCUT2D eigenvalue weighted by molar-refractivity contribution is 0.102. The summed E-state index contributed by atoms with van der Waals surface area (Å²) in [6.45, 7) is 0. The Hall–Kier alpha value is -1.34. The minimum absolute atomic E-state index is 0.258. The van der Waals surface area contributed by atoms with Gasteiger partial charge in [-0.3, -0.25) is 10.1 Å². The first-order valence-electron chi connectivity index (χ1n) is 3.94. The van der Waals surface area contributed by atoms with E-state index in [1.54, 1.807) is 11.6 Å². The number of nitrogens with zero attached hydrogens (tertiary/aromatic N) is 3. The molecule has 2 aromatic rings. The van der Waals surface area contributed by atoms with Crippen LogP contribution in [0.5, 0.6) is 0 Å². The van der Waals surface area contributed by atoms with Gasteiger partial charge < -0.3 is 0 Å². The minimum Gasteiger partial charge on any atom is -0.296 e. The van der Waals surface area contributed by atoms with Crippen LogP contribution in [0, 0.1) is 0 Å². The van der Waals surface area contributed by atoms with Crippen LogP contribution in [0.3, 0.4) is 0 Å². The summed E-state index contributed by atoms with van der Waals surface area (Å²) in [5.74, 6) is -0.315. The predicted octanol–water partition coefficient (Wildman–Crippen LogP) is 1.95. The maximum Gasteiger partial charge on any atom is 0.277 e. The highest BCUT2D eigenvalue weighted by atomic mass is 79.9. The molecule has 0 saturated heterocycles. The molecule has 0 radical (unpaired) electrons. The molecular formula is C8H5BrN4OS. The van der Waals surface area contributed by atoms with Crippen molar-refractivity contribution >= 4 is 38.3 Å². The number of anilines is 1. The number of nitrogens with one attached hydrogen (secondary N) is 1. The fourth-order valence-corrected chi connectivity index (χ4v) is 1.60. The smallest absolute Gasteiger partial charge is 0.277 e. The molecule has 0 bridgehead atoms. The average molecular weight is 285 g/mol. The van der Waals surface area contributed by atoms with Gasteiger partial charge in [0, 0.05) is 11.6 Å².